The number of benzene rings is 1. The maximum Gasteiger partial charge on any atom is 0.330 e. The van der Waals surface area contributed by atoms with E-state index in [1.165, 1.54) is 6.08 Å². The van der Waals surface area contributed by atoms with Gasteiger partial charge in [0.05, 0.1) is 25.9 Å². The monoisotopic (exact) mass is 306 g/mol. The van der Waals surface area contributed by atoms with Gasteiger partial charge < -0.3 is 14.6 Å². The minimum absolute atomic E-state index is 0.0226. The molecular formula is C18H26O4. The number of carbonyl (C=O) groups is 1. The molecule has 4 nitrogen and oxygen atoms in total. The summed E-state index contributed by atoms with van der Waals surface area (Å²) in [7, 11) is 0. The van der Waals surface area contributed by atoms with Gasteiger partial charge in [0.2, 0.25) is 0 Å². The van der Waals surface area contributed by atoms with Crippen molar-refractivity contribution in [1.29, 1.82) is 0 Å². The van der Waals surface area contributed by atoms with E-state index < -0.39 is 6.10 Å². The predicted octanol–water partition coefficient (Wildman–Crippen LogP) is 2.96. The van der Waals surface area contributed by atoms with Gasteiger partial charge in [0.15, 0.2) is 0 Å². The van der Waals surface area contributed by atoms with Crippen LogP contribution in [0.15, 0.2) is 42.5 Å². The van der Waals surface area contributed by atoms with E-state index in [-0.39, 0.29) is 17.8 Å². The van der Waals surface area contributed by atoms with E-state index in [4.69, 9.17) is 9.47 Å². The molecule has 0 aliphatic rings. The van der Waals surface area contributed by atoms with Gasteiger partial charge in [-0.3, -0.25) is 0 Å². The third-order valence-corrected chi connectivity index (χ3v) is 3.44. The average molecular weight is 306 g/mol. The Morgan fingerprint density at radius 3 is 2.59 bits per heavy atom. The molecule has 0 amide bonds. The minimum Gasteiger partial charge on any atom is -0.463 e. The van der Waals surface area contributed by atoms with Crippen LogP contribution in [0.1, 0.15) is 26.3 Å². The van der Waals surface area contributed by atoms with Crippen molar-refractivity contribution in [2.45, 2.75) is 33.5 Å². The Balaban J connectivity index is 2.34. The molecule has 3 atom stereocenters. The van der Waals surface area contributed by atoms with Crippen molar-refractivity contribution in [2.24, 2.45) is 11.8 Å². The Kier molecular flexibility index (Phi) is 8.48. The molecule has 0 bridgehead atoms. The van der Waals surface area contributed by atoms with Gasteiger partial charge in [-0.25, -0.2) is 4.79 Å². The fourth-order valence-electron chi connectivity index (χ4n) is 2.09. The molecule has 0 radical (unpaired) electrons. The molecule has 1 aromatic carbocycles. The van der Waals surface area contributed by atoms with Gasteiger partial charge in [-0.2, -0.15) is 0 Å². The first kappa shape index (κ1) is 18.4. The zero-order valence-corrected chi connectivity index (χ0v) is 13.6. The van der Waals surface area contributed by atoms with Crippen LogP contribution < -0.4 is 0 Å². The summed E-state index contributed by atoms with van der Waals surface area (Å²) in [5.41, 5.74) is 1.11. The lowest BCUT2D eigenvalue weighted by molar-refractivity contribution is -0.137. The second-order valence-electron chi connectivity index (χ2n) is 5.44. The molecule has 0 aliphatic carbocycles. The van der Waals surface area contributed by atoms with Crippen molar-refractivity contribution < 1.29 is 19.4 Å². The summed E-state index contributed by atoms with van der Waals surface area (Å²) < 4.78 is 10.5. The van der Waals surface area contributed by atoms with Crippen molar-refractivity contribution in [1.82, 2.24) is 0 Å². The molecule has 1 aromatic rings. The summed E-state index contributed by atoms with van der Waals surface area (Å²) in [5, 5.41) is 10.2. The molecule has 0 saturated heterocycles. The summed E-state index contributed by atoms with van der Waals surface area (Å²) >= 11 is 0. The quantitative estimate of drug-likeness (QED) is 0.563. The molecule has 0 aromatic heterocycles. The molecule has 0 heterocycles. The number of esters is 1. The van der Waals surface area contributed by atoms with Gasteiger partial charge in [-0.15, -0.1) is 0 Å². The smallest absolute Gasteiger partial charge is 0.330 e. The molecular weight excluding hydrogens is 280 g/mol. The molecule has 0 saturated carbocycles. The number of aliphatic hydroxyl groups excluding tert-OH is 1. The van der Waals surface area contributed by atoms with Crippen molar-refractivity contribution in [2.75, 3.05) is 13.2 Å². The molecule has 0 spiro atoms. The Labute approximate surface area is 132 Å². The highest BCUT2D eigenvalue weighted by atomic mass is 16.5. The van der Waals surface area contributed by atoms with Crippen LogP contribution in [0.2, 0.25) is 0 Å². The zero-order valence-electron chi connectivity index (χ0n) is 13.6. The molecule has 22 heavy (non-hydrogen) atoms. The lowest BCUT2D eigenvalue weighted by atomic mass is 9.93. The fourth-order valence-corrected chi connectivity index (χ4v) is 2.09. The highest BCUT2D eigenvalue weighted by molar-refractivity contribution is 5.81. The first-order valence-corrected chi connectivity index (χ1v) is 7.69. The van der Waals surface area contributed by atoms with E-state index >= 15 is 0 Å². The largest absolute Gasteiger partial charge is 0.463 e. The predicted molar refractivity (Wildman–Crippen MR) is 86.2 cm³/mol. The first-order valence-electron chi connectivity index (χ1n) is 7.69. The molecule has 0 aliphatic heterocycles. The second kappa shape index (κ2) is 10.1. The van der Waals surface area contributed by atoms with E-state index in [0.717, 1.165) is 5.56 Å². The second-order valence-corrected chi connectivity index (χ2v) is 5.44. The van der Waals surface area contributed by atoms with Crippen LogP contribution in [0.3, 0.4) is 0 Å². The number of hydrogen-bond donors (Lipinski definition) is 1. The van der Waals surface area contributed by atoms with Gasteiger partial charge in [0.25, 0.3) is 0 Å². The minimum atomic E-state index is -0.568. The highest BCUT2D eigenvalue weighted by Gasteiger charge is 2.19. The summed E-state index contributed by atoms with van der Waals surface area (Å²) in [6.07, 6.45) is 2.48. The molecule has 1 N–H and O–H groups in total. The summed E-state index contributed by atoms with van der Waals surface area (Å²) in [5.74, 6) is -0.542. The number of carbonyl (C=O) groups excluding carboxylic acids is 1. The van der Waals surface area contributed by atoms with Crippen molar-refractivity contribution >= 4 is 5.97 Å². The van der Waals surface area contributed by atoms with Gasteiger partial charge in [0.1, 0.15) is 0 Å². The third kappa shape index (κ3) is 6.87. The normalized spacial score (nSPS) is 15.5. The standard InChI is InChI=1S/C18H26O4/c1-4-22-17(19)11-10-14(2)18(20)15(3)12-21-13-16-8-6-5-7-9-16/h5-11,14-15,18,20H,4,12-13H2,1-3H3/b11-10+/t14-,15-,18+/m0/s1. The van der Waals surface area contributed by atoms with Crippen molar-refractivity contribution in [3.63, 3.8) is 0 Å². The summed E-state index contributed by atoms with van der Waals surface area (Å²) in [6, 6.07) is 9.92. The Morgan fingerprint density at radius 2 is 1.95 bits per heavy atom. The average Bonchev–Trinajstić information content (AvgIpc) is 2.53. The highest BCUT2D eigenvalue weighted by Crippen LogP contribution is 2.15. The molecule has 0 fully saturated rings. The molecule has 122 valence electrons. The molecule has 1 rings (SSSR count). The number of rotatable bonds is 9. The summed E-state index contributed by atoms with van der Waals surface area (Å²) in [6.45, 7) is 6.91. The third-order valence-electron chi connectivity index (χ3n) is 3.44. The summed E-state index contributed by atoms with van der Waals surface area (Å²) in [4.78, 5) is 11.3. The van der Waals surface area contributed by atoms with E-state index in [0.29, 0.717) is 19.8 Å². The zero-order chi connectivity index (χ0) is 16.4. The lowest BCUT2D eigenvalue weighted by Crippen LogP contribution is -2.28. The Bertz CT molecular complexity index is 455. The SMILES string of the molecule is CCOC(=O)/C=C/[C@H](C)[C@@H](O)[C@@H](C)COCc1ccccc1. The van der Waals surface area contributed by atoms with Crippen LogP contribution in [0.4, 0.5) is 0 Å². The van der Waals surface area contributed by atoms with E-state index in [2.05, 4.69) is 0 Å². The van der Waals surface area contributed by atoms with Gasteiger partial charge in [-0.1, -0.05) is 50.3 Å². The van der Waals surface area contributed by atoms with Gasteiger partial charge in [-0.05, 0) is 12.5 Å². The van der Waals surface area contributed by atoms with Crippen LogP contribution in [0.25, 0.3) is 0 Å². The van der Waals surface area contributed by atoms with E-state index in [9.17, 15) is 9.90 Å². The van der Waals surface area contributed by atoms with Crippen LogP contribution in [-0.4, -0.2) is 30.4 Å². The van der Waals surface area contributed by atoms with Crippen LogP contribution >= 0.6 is 0 Å². The van der Waals surface area contributed by atoms with Gasteiger partial charge in [0, 0.05) is 17.9 Å². The van der Waals surface area contributed by atoms with Crippen molar-refractivity contribution in [3.8, 4) is 0 Å². The van der Waals surface area contributed by atoms with Crippen molar-refractivity contribution in [3.05, 3.63) is 48.0 Å². The van der Waals surface area contributed by atoms with Gasteiger partial charge >= 0.3 is 5.97 Å². The van der Waals surface area contributed by atoms with Crippen LogP contribution in [0, 0.1) is 11.8 Å². The Hall–Kier alpha value is -1.65. The molecule has 0 unspecified atom stereocenters. The van der Waals surface area contributed by atoms with E-state index in [1.54, 1.807) is 13.0 Å². The number of aliphatic hydroxyl groups is 1. The number of ether oxygens (including phenoxy) is 2. The molecule has 4 heteroatoms. The van der Waals surface area contributed by atoms with Crippen LogP contribution in [0.5, 0.6) is 0 Å². The maximum absolute atomic E-state index is 11.3. The number of hydrogen-bond acceptors (Lipinski definition) is 4. The lowest BCUT2D eigenvalue weighted by Gasteiger charge is -2.22. The topological polar surface area (TPSA) is 55.8 Å². The fraction of sp³-hybridized carbons (Fsp3) is 0.500. The first-order chi connectivity index (χ1) is 10.5. The Morgan fingerprint density at radius 1 is 1.27 bits per heavy atom. The van der Waals surface area contributed by atoms with E-state index in [1.807, 2.05) is 44.2 Å². The van der Waals surface area contributed by atoms with Crippen LogP contribution in [-0.2, 0) is 20.9 Å². The maximum atomic E-state index is 11.3.